The molecule has 0 unspecified atom stereocenters. The van der Waals surface area contributed by atoms with Gasteiger partial charge in [-0.05, 0) is 42.9 Å². The quantitative estimate of drug-likeness (QED) is 0.794. The Hall–Kier alpha value is -1.35. The highest BCUT2D eigenvalue weighted by atomic mass is 16.1. The van der Waals surface area contributed by atoms with Gasteiger partial charge in [-0.3, -0.25) is 4.79 Å². The molecule has 3 nitrogen and oxygen atoms in total. The number of nitrogens with one attached hydrogen (secondary N) is 1. The maximum atomic E-state index is 12.3. The molecule has 0 aliphatic rings. The number of benzene rings is 1. The van der Waals surface area contributed by atoms with Crippen LogP contribution in [0.25, 0.3) is 0 Å². The van der Waals surface area contributed by atoms with Crippen molar-refractivity contribution in [2.45, 2.75) is 40.0 Å². The molecule has 0 atom stereocenters. The third-order valence-corrected chi connectivity index (χ3v) is 4.20. The molecule has 0 bridgehead atoms. The van der Waals surface area contributed by atoms with Gasteiger partial charge in [0, 0.05) is 12.1 Å². The Bertz CT molecular complexity index is 403. The molecule has 0 heterocycles. The van der Waals surface area contributed by atoms with Crippen molar-refractivity contribution in [1.82, 2.24) is 5.32 Å². The Balaban J connectivity index is 2.75. The van der Waals surface area contributed by atoms with E-state index in [0.29, 0.717) is 13.1 Å². The molecule has 0 aromatic heterocycles. The lowest BCUT2D eigenvalue weighted by molar-refractivity contribution is 0.0927. The third kappa shape index (κ3) is 3.80. The van der Waals surface area contributed by atoms with Crippen molar-refractivity contribution < 1.29 is 4.79 Å². The predicted molar refractivity (Wildman–Crippen MR) is 80.2 cm³/mol. The van der Waals surface area contributed by atoms with Gasteiger partial charge in [0.1, 0.15) is 0 Å². The van der Waals surface area contributed by atoms with E-state index in [0.717, 1.165) is 30.4 Å². The molecule has 0 aliphatic carbocycles. The SMILES string of the molecule is CCc1ccccc1C(=O)NCC(CC)(CC)CN. The van der Waals surface area contributed by atoms with Crippen LogP contribution in [-0.2, 0) is 6.42 Å². The summed E-state index contributed by atoms with van der Waals surface area (Å²) < 4.78 is 0. The van der Waals surface area contributed by atoms with E-state index < -0.39 is 0 Å². The zero-order valence-electron chi connectivity index (χ0n) is 12.3. The summed E-state index contributed by atoms with van der Waals surface area (Å²) >= 11 is 0. The smallest absolute Gasteiger partial charge is 0.251 e. The first-order valence-electron chi connectivity index (χ1n) is 7.18. The fourth-order valence-corrected chi connectivity index (χ4v) is 2.27. The van der Waals surface area contributed by atoms with Crippen LogP contribution in [0.2, 0.25) is 0 Å². The molecule has 0 saturated carbocycles. The van der Waals surface area contributed by atoms with E-state index in [4.69, 9.17) is 5.73 Å². The number of nitrogens with two attached hydrogens (primary N) is 1. The van der Waals surface area contributed by atoms with Gasteiger partial charge in [0.2, 0.25) is 0 Å². The Labute approximate surface area is 116 Å². The average molecular weight is 262 g/mol. The van der Waals surface area contributed by atoms with E-state index in [1.165, 1.54) is 0 Å². The van der Waals surface area contributed by atoms with E-state index in [2.05, 4.69) is 26.1 Å². The fraction of sp³-hybridized carbons (Fsp3) is 0.562. The molecule has 3 heteroatoms. The molecule has 0 spiro atoms. The summed E-state index contributed by atoms with van der Waals surface area (Å²) in [5.41, 5.74) is 7.75. The van der Waals surface area contributed by atoms with Crippen molar-refractivity contribution in [3.63, 3.8) is 0 Å². The normalized spacial score (nSPS) is 11.4. The molecular formula is C16H26N2O. The third-order valence-electron chi connectivity index (χ3n) is 4.20. The van der Waals surface area contributed by atoms with E-state index in [-0.39, 0.29) is 11.3 Å². The second-order valence-corrected chi connectivity index (χ2v) is 5.10. The van der Waals surface area contributed by atoms with Crippen LogP contribution in [-0.4, -0.2) is 19.0 Å². The lowest BCUT2D eigenvalue weighted by Gasteiger charge is -2.30. The molecule has 1 aromatic carbocycles. The van der Waals surface area contributed by atoms with Gasteiger partial charge in [0.05, 0.1) is 0 Å². The summed E-state index contributed by atoms with van der Waals surface area (Å²) in [4.78, 5) is 12.3. The van der Waals surface area contributed by atoms with E-state index in [1.807, 2.05) is 24.3 Å². The minimum atomic E-state index is 0.0113. The van der Waals surface area contributed by atoms with E-state index in [1.54, 1.807) is 0 Å². The second-order valence-electron chi connectivity index (χ2n) is 5.10. The average Bonchev–Trinajstić information content (AvgIpc) is 2.49. The first-order chi connectivity index (χ1) is 9.12. The Morgan fingerprint density at radius 2 is 1.84 bits per heavy atom. The van der Waals surface area contributed by atoms with Crippen LogP contribution in [0.5, 0.6) is 0 Å². The van der Waals surface area contributed by atoms with E-state index >= 15 is 0 Å². The number of aryl methyl sites for hydroxylation is 1. The molecular weight excluding hydrogens is 236 g/mol. The summed E-state index contributed by atoms with van der Waals surface area (Å²) in [5.74, 6) is 0.0113. The minimum absolute atomic E-state index is 0.0113. The van der Waals surface area contributed by atoms with Gasteiger partial charge >= 0.3 is 0 Å². The summed E-state index contributed by atoms with van der Waals surface area (Å²) in [6.07, 6.45) is 2.83. The van der Waals surface area contributed by atoms with Gasteiger partial charge in [0.15, 0.2) is 0 Å². The van der Waals surface area contributed by atoms with Crippen LogP contribution in [0.1, 0.15) is 49.5 Å². The molecule has 0 fully saturated rings. The largest absolute Gasteiger partial charge is 0.351 e. The molecule has 106 valence electrons. The van der Waals surface area contributed by atoms with Crippen molar-refractivity contribution in [2.24, 2.45) is 11.1 Å². The first-order valence-corrected chi connectivity index (χ1v) is 7.18. The summed E-state index contributed by atoms with van der Waals surface area (Å²) in [5, 5.41) is 3.05. The van der Waals surface area contributed by atoms with Crippen LogP contribution < -0.4 is 11.1 Å². The Morgan fingerprint density at radius 1 is 1.21 bits per heavy atom. The minimum Gasteiger partial charge on any atom is -0.351 e. The molecule has 0 aliphatic heterocycles. The van der Waals surface area contributed by atoms with Crippen LogP contribution in [0.15, 0.2) is 24.3 Å². The van der Waals surface area contributed by atoms with Gasteiger partial charge in [-0.25, -0.2) is 0 Å². The highest BCUT2D eigenvalue weighted by Gasteiger charge is 2.25. The molecule has 0 saturated heterocycles. The van der Waals surface area contributed by atoms with Crippen LogP contribution in [0.4, 0.5) is 0 Å². The van der Waals surface area contributed by atoms with Crippen molar-refractivity contribution in [3.8, 4) is 0 Å². The molecule has 1 rings (SSSR count). The number of carbonyl (C=O) groups is 1. The molecule has 0 radical (unpaired) electrons. The first kappa shape index (κ1) is 15.7. The Kier molecular flexibility index (Phi) is 6.03. The zero-order chi connectivity index (χ0) is 14.3. The van der Waals surface area contributed by atoms with Crippen LogP contribution in [0, 0.1) is 5.41 Å². The fourth-order valence-electron chi connectivity index (χ4n) is 2.27. The van der Waals surface area contributed by atoms with Gasteiger partial charge in [-0.2, -0.15) is 0 Å². The monoisotopic (exact) mass is 262 g/mol. The molecule has 1 amide bonds. The van der Waals surface area contributed by atoms with Gasteiger partial charge in [-0.15, -0.1) is 0 Å². The predicted octanol–water partition coefficient (Wildman–Crippen LogP) is 2.74. The highest BCUT2D eigenvalue weighted by molar-refractivity contribution is 5.95. The Morgan fingerprint density at radius 3 is 2.37 bits per heavy atom. The van der Waals surface area contributed by atoms with Gasteiger partial charge < -0.3 is 11.1 Å². The number of hydrogen-bond acceptors (Lipinski definition) is 2. The van der Waals surface area contributed by atoms with Gasteiger partial charge in [0.25, 0.3) is 5.91 Å². The van der Waals surface area contributed by atoms with E-state index in [9.17, 15) is 4.79 Å². The van der Waals surface area contributed by atoms with Crippen molar-refractivity contribution in [3.05, 3.63) is 35.4 Å². The lowest BCUT2D eigenvalue weighted by atomic mass is 9.82. The number of hydrogen-bond donors (Lipinski definition) is 2. The summed E-state index contributed by atoms with van der Waals surface area (Å²) in [6.45, 7) is 7.57. The highest BCUT2D eigenvalue weighted by Crippen LogP contribution is 2.23. The molecule has 1 aromatic rings. The number of carbonyl (C=O) groups excluding carboxylic acids is 1. The summed E-state index contributed by atoms with van der Waals surface area (Å²) in [6, 6.07) is 7.77. The van der Waals surface area contributed by atoms with Crippen molar-refractivity contribution in [2.75, 3.05) is 13.1 Å². The molecule has 19 heavy (non-hydrogen) atoms. The van der Waals surface area contributed by atoms with Crippen molar-refractivity contribution >= 4 is 5.91 Å². The van der Waals surface area contributed by atoms with Crippen molar-refractivity contribution in [1.29, 1.82) is 0 Å². The summed E-state index contributed by atoms with van der Waals surface area (Å²) in [7, 11) is 0. The topological polar surface area (TPSA) is 55.1 Å². The maximum absolute atomic E-state index is 12.3. The van der Waals surface area contributed by atoms with Crippen LogP contribution in [0.3, 0.4) is 0 Å². The zero-order valence-corrected chi connectivity index (χ0v) is 12.3. The van der Waals surface area contributed by atoms with Crippen LogP contribution >= 0.6 is 0 Å². The number of amides is 1. The maximum Gasteiger partial charge on any atom is 0.251 e. The van der Waals surface area contributed by atoms with Gasteiger partial charge in [-0.1, -0.05) is 39.0 Å². The standard InChI is InChI=1S/C16H26N2O/c1-4-13-9-7-8-10-14(13)15(19)18-12-16(5-2,6-3)11-17/h7-10H,4-6,11-12,17H2,1-3H3,(H,18,19). The lowest BCUT2D eigenvalue weighted by Crippen LogP contribution is -2.42. The number of rotatable bonds is 7. The molecule has 3 N–H and O–H groups in total. The second kappa shape index (κ2) is 7.29.